The fourth-order valence-electron chi connectivity index (χ4n) is 4.51. The van der Waals surface area contributed by atoms with Crippen LogP contribution in [-0.2, 0) is 6.42 Å². The summed E-state index contributed by atoms with van der Waals surface area (Å²) in [5.74, 6) is 3.45. The van der Waals surface area contributed by atoms with Gasteiger partial charge in [-0.2, -0.15) is 0 Å². The number of nitrogens with zero attached hydrogens (tertiary/aromatic N) is 4. The molecule has 0 aliphatic heterocycles. The number of hydrogen-bond donors (Lipinski definition) is 0. The molecule has 4 aromatic heterocycles. The number of ether oxygens (including phenoxy) is 2. The molecule has 4 heterocycles. The summed E-state index contributed by atoms with van der Waals surface area (Å²) in [6.45, 7) is 0. The van der Waals surface area contributed by atoms with Crippen LogP contribution in [0.25, 0.3) is 33.8 Å². The fraction of sp³-hybridized carbons (Fsp3) is 0.103. The maximum Gasteiger partial charge on any atom is 0.144 e. The van der Waals surface area contributed by atoms with E-state index in [1.807, 2.05) is 72.8 Å². The largest absolute Gasteiger partial charge is 0.497 e. The minimum absolute atomic E-state index is 0.618. The van der Waals surface area contributed by atoms with Gasteiger partial charge in [0.15, 0.2) is 0 Å². The van der Waals surface area contributed by atoms with Gasteiger partial charge in [0.1, 0.15) is 23.1 Å². The third-order valence-corrected chi connectivity index (χ3v) is 6.28. The van der Waals surface area contributed by atoms with Crippen LogP contribution >= 0.6 is 0 Å². The summed E-state index contributed by atoms with van der Waals surface area (Å²) in [7, 11) is 3.35. The lowest BCUT2D eigenvalue weighted by Crippen LogP contribution is -1.91. The minimum atomic E-state index is 0.618. The van der Waals surface area contributed by atoms with Gasteiger partial charge in [-0.25, -0.2) is 9.97 Å². The van der Waals surface area contributed by atoms with Gasteiger partial charge in [-0.1, -0.05) is 12.1 Å². The molecule has 2 aromatic carbocycles. The summed E-state index contributed by atoms with van der Waals surface area (Å²) in [6, 6.07) is 28.4. The highest BCUT2D eigenvalue weighted by Crippen LogP contribution is 2.29. The Morgan fingerprint density at radius 2 is 1.00 bits per heavy atom. The SMILES string of the molecule is COc1ccc(-c2nc(Cc3nc(-c4ccc(OC)cc4)n4ccccc34)c3ccccn23)cc1. The molecule has 0 aliphatic rings. The Morgan fingerprint density at radius 3 is 1.40 bits per heavy atom. The van der Waals surface area contributed by atoms with Crippen LogP contribution in [-0.4, -0.2) is 33.0 Å². The Kier molecular flexibility index (Phi) is 5.19. The van der Waals surface area contributed by atoms with Crippen LogP contribution in [0.1, 0.15) is 11.4 Å². The first kappa shape index (κ1) is 21.0. The Hall–Kier alpha value is -4.58. The summed E-state index contributed by atoms with van der Waals surface area (Å²) in [4.78, 5) is 10.2. The van der Waals surface area contributed by atoms with E-state index in [-0.39, 0.29) is 0 Å². The molecule has 0 radical (unpaired) electrons. The van der Waals surface area contributed by atoms with Gasteiger partial charge in [0, 0.05) is 29.9 Å². The molecule has 0 atom stereocenters. The number of methoxy groups -OCH3 is 2. The lowest BCUT2D eigenvalue weighted by atomic mass is 10.2. The van der Waals surface area contributed by atoms with Crippen LogP contribution < -0.4 is 9.47 Å². The zero-order valence-corrected chi connectivity index (χ0v) is 19.6. The van der Waals surface area contributed by atoms with E-state index in [0.29, 0.717) is 6.42 Å². The van der Waals surface area contributed by atoms with Crippen molar-refractivity contribution in [3.05, 3.63) is 109 Å². The molecule has 0 N–H and O–H groups in total. The van der Waals surface area contributed by atoms with E-state index < -0.39 is 0 Å². The van der Waals surface area contributed by atoms with Gasteiger partial charge in [0.25, 0.3) is 0 Å². The second-order valence-corrected chi connectivity index (χ2v) is 8.31. The molecule has 0 bridgehead atoms. The zero-order chi connectivity index (χ0) is 23.8. The number of rotatable bonds is 6. The average Bonchev–Trinajstić information content (AvgIpc) is 3.48. The predicted octanol–water partition coefficient (Wildman–Crippen LogP) is 5.92. The molecule has 6 aromatic rings. The Morgan fingerprint density at radius 1 is 0.571 bits per heavy atom. The number of fused-ring (bicyclic) bond motifs is 2. The van der Waals surface area contributed by atoms with E-state index >= 15 is 0 Å². The number of pyridine rings is 2. The first-order valence-corrected chi connectivity index (χ1v) is 11.5. The topological polar surface area (TPSA) is 53.1 Å². The van der Waals surface area contributed by atoms with E-state index in [1.54, 1.807) is 14.2 Å². The molecule has 0 saturated carbocycles. The van der Waals surface area contributed by atoms with Crippen molar-refractivity contribution < 1.29 is 9.47 Å². The van der Waals surface area contributed by atoms with Crippen molar-refractivity contribution in [2.45, 2.75) is 6.42 Å². The van der Waals surface area contributed by atoms with Crippen LogP contribution in [0.2, 0.25) is 0 Å². The third kappa shape index (κ3) is 3.69. The second-order valence-electron chi connectivity index (χ2n) is 8.31. The highest BCUT2D eigenvalue weighted by molar-refractivity contribution is 5.70. The summed E-state index contributed by atoms with van der Waals surface area (Å²) >= 11 is 0. The Labute approximate surface area is 203 Å². The van der Waals surface area contributed by atoms with Crippen LogP contribution in [0.5, 0.6) is 11.5 Å². The van der Waals surface area contributed by atoms with Crippen molar-refractivity contribution in [1.82, 2.24) is 18.8 Å². The summed E-state index contributed by atoms with van der Waals surface area (Å²) in [6.07, 6.45) is 4.73. The first-order chi connectivity index (χ1) is 17.2. The molecule has 6 rings (SSSR count). The van der Waals surface area contributed by atoms with Gasteiger partial charge in [0.2, 0.25) is 0 Å². The van der Waals surface area contributed by atoms with Crippen LogP contribution in [0, 0.1) is 0 Å². The van der Waals surface area contributed by atoms with Gasteiger partial charge in [0.05, 0.1) is 36.6 Å². The van der Waals surface area contributed by atoms with Crippen molar-refractivity contribution >= 4 is 11.0 Å². The van der Waals surface area contributed by atoms with Gasteiger partial charge in [-0.3, -0.25) is 8.80 Å². The predicted molar refractivity (Wildman–Crippen MR) is 137 cm³/mol. The van der Waals surface area contributed by atoms with Crippen molar-refractivity contribution in [2.24, 2.45) is 0 Å². The van der Waals surface area contributed by atoms with Gasteiger partial charge in [-0.05, 0) is 72.8 Å². The monoisotopic (exact) mass is 460 g/mol. The van der Waals surface area contributed by atoms with E-state index in [2.05, 4.69) is 33.3 Å². The van der Waals surface area contributed by atoms with Gasteiger partial charge >= 0.3 is 0 Å². The molecule has 35 heavy (non-hydrogen) atoms. The third-order valence-electron chi connectivity index (χ3n) is 6.28. The van der Waals surface area contributed by atoms with Crippen molar-refractivity contribution in [3.8, 4) is 34.3 Å². The summed E-state index contributed by atoms with van der Waals surface area (Å²) in [5.41, 5.74) is 6.18. The number of aromatic nitrogens is 4. The molecule has 0 saturated heterocycles. The second kappa shape index (κ2) is 8.65. The number of hydrogen-bond acceptors (Lipinski definition) is 4. The quantitative estimate of drug-likeness (QED) is 0.309. The van der Waals surface area contributed by atoms with Crippen molar-refractivity contribution in [2.75, 3.05) is 14.2 Å². The van der Waals surface area contributed by atoms with Crippen molar-refractivity contribution in [1.29, 1.82) is 0 Å². The summed E-state index contributed by atoms with van der Waals surface area (Å²) < 4.78 is 14.9. The Bertz CT molecular complexity index is 1510. The highest BCUT2D eigenvalue weighted by atomic mass is 16.5. The molecular weight excluding hydrogens is 436 g/mol. The molecule has 6 heteroatoms. The van der Waals surface area contributed by atoms with E-state index in [1.165, 1.54) is 0 Å². The van der Waals surface area contributed by atoms with E-state index in [4.69, 9.17) is 19.4 Å². The van der Waals surface area contributed by atoms with Crippen LogP contribution in [0.3, 0.4) is 0 Å². The summed E-state index contributed by atoms with van der Waals surface area (Å²) in [5, 5.41) is 0. The molecular formula is C29H24N4O2. The van der Waals surface area contributed by atoms with Crippen molar-refractivity contribution in [3.63, 3.8) is 0 Å². The number of benzene rings is 2. The minimum Gasteiger partial charge on any atom is -0.497 e. The molecule has 0 spiro atoms. The molecule has 0 unspecified atom stereocenters. The molecule has 0 amide bonds. The molecule has 0 fully saturated rings. The van der Waals surface area contributed by atoms with Crippen LogP contribution in [0.4, 0.5) is 0 Å². The standard InChI is InChI=1S/C29H24N4O2/c1-34-22-13-9-20(10-14-22)28-30-24(26-7-3-5-17-32(26)28)19-25-27-8-4-6-18-33(27)29(31-25)21-11-15-23(35-2)16-12-21/h3-18H,19H2,1-2H3. The maximum absolute atomic E-state index is 5.32. The zero-order valence-electron chi connectivity index (χ0n) is 19.6. The smallest absolute Gasteiger partial charge is 0.144 e. The number of imidazole rings is 2. The molecule has 6 nitrogen and oxygen atoms in total. The molecule has 172 valence electrons. The molecule has 0 aliphatic carbocycles. The Balaban J connectivity index is 1.45. The van der Waals surface area contributed by atoms with E-state index in [0.717, 1.165) is 56.7 Å². The van der Waals surface area contributed by atoms with E-state index in [9.17, 15) is 0 Å². The normalized spacial score (nSPS) is 11.3. The lowest BCUT2D eigenvalue weighted by Gasteiger charge is -2.03. The first-order valence-electron chi connectivity index (χ1n) is 11.5. The lowest BCUT2D eigenvalue weighted by molar-refractivity contribution is 0.414. The highest BCUT2D eigenvalue weighted by Gasteiger charge is 2.18. The fourth-order valence-corrected chi connectivity index (χ4v) is 4.51. The van der Waals surface area contributed by atoms with Crippen LogP contribution in [0.15, 0.2) is 97.3 Å². The maximum atomic E-state index is 5.32. The van der Waals surface area contributed by atoms with Gasteiger partial charge in [-0.15, -0.1) is 0 Å². The van der Waals surface area contributed by atoms with Gasteiger partial charge < -0.3 is 9.47 Å². The average molecular weight is 461 g/mol.